The molecular formula is C16H15N5S. The first kappa shape index (κ1) is 14.5. The van der Waals surface area contributed by atoms with Gasteiger partial charge in [-0.15, -0.1) is 12.6 Å². The smallest absolute Gasteiger partial charge is 0.172 e. The Kier molecular flexibility index (Phi) is 4.07. The molecule has 6 heteroatoms. The summed E-state index contributed by atoms with van der Waals surface area (Å²) < 4.78 is 1.84. The number of benzene rings is 1. The summed E-state index contributed by atoms with van der Waals surface area (Å²) in [7, 11) is 0. The van der Waals surface area contributed by atoms with Crippen molar-refractivity contribution in [2.45, 2.75) is 31.3 Å². The molecule has 0 saturated heterocycles. The third-order valence-corrected chi connectivity index (χ3v) is 3.71. The highest BCUT2D eigenvalue weighted by Gasteiger charge is 2.17. The molecule has 0 radical (unpaired) electrons. The Morgan fingerprint density at radius 3 is 2.64 bits per heavy atom. The van der Waals surface area contributed by atoms with Gasteiger partial charge in [-0.1, -0.05) is 31.5 Å². The van der Waals surface area contributed by atoms with Crippen LogP contribution in [0.4, 0.5) is 0 Å². The van der Waals surface area contributed by atoms with Gasteiger partial charge in [-0.25, -0.2) is 15.0 Å². The highest BCUT2D eigenvalue weighted by Crippen LogP contribution is 2.24. The van der Waals surface area contributed by atoms with E-state index in [1.165, 1.54) is 0 Å². The second kappa shape index (κ2) is 6.16. The maximum Gasteiger partial charge on any atom is 0.172 e. The molecule has 0 atom stereocenters. The van der Waals surface area contributed by atoms with Crippen LogP contribution in [0.1, 0.15) is 31.3 Å². The average Bonchev–Trinajstić information content (AvgIpc) is 2.88. The van der Waals surface area contributed by atoms with E-state index in [1.807, 2.05) is 34.9 Å². The highest BCUT2D eigenvalue weighted by molar-refractivity contribution is 7.80. The quantitative estimate of drug-likeness (QED) is 0.751. The Hall–Kier alpha value is -2.39. The molecule has 0 aliphatic carbocycles. The molecule has 0 bridgehead atoms. The first-order chi connectivity index (χ1) is 10.7. The fraction of sp³-hybridized carbons (Fsp3) is 0.250. The minimum atomic E-state index is 0.307. The summed E-state index contributed by atoms with van der Waals surface area (Å²) in [6.45, 7) is 2.11. The third kappa shape index (κ3) is 2.55. The third-order valence-electron chi connectivity index (χ3n) is 3.41. The number of imidazole rings is 1. The Balaban J connectivity index is 2.25. The van der Waals surface area contributed by atoms with E-state index in [0.717, 1.165) is 24.9 Å². The number of aryl methyl sites for hydroxylation is 1. The number of nitriles is 1. The number of para-hydroxylation sites is 1. The van der Waals surface area contributed by atoms with Gasteiger partial charge >= 0.3 is 0 Å². The molecule has 1 aromatic carbocycles. The van der Waals surface area contributed by atoms with Gasteiger partial charge in [-0.3, -0.25) is 4.57 Å². The first-order valence-electron chi connectivity index (χ1n) is 7.18. The van der Waals surface area contributed by atoms with Gasteiger partial charge in [0.15, 0.2) is 16.5 Å². The van der Waals surface area contributed by atoms with Crippen molar-refractivity contribution in [3.8, 4) is 11.8 Å². The van der Waals surface area contributed by atoms with Crippen LogP contribution < -0.4 is 0 Å². The number of hydrogen-bond acceptors (Lipinski definition) is 5. The van der Waals surface area contributed by atoms with Gasteiger partial charge in [0.2, 0.25) is 0 Å². The number of thiol groups is 1. The van der Waals surface area contributed by atoms with E-state index in [2.05, 4.69) is 40.6 Å². The molecule has 2 heterocycles. The van der Waals surface area contributed by atoms with Crippen molar-refractivity contribution >= 4 is 23.8 Å². The van der Waals surface area contributed by atoms with Crippen LogP contribution in [0.3, 0.4) is 0 Å². The largest absolute Gasteiger partial charge is 0.272 e. The van der Waals surface area contributed by atoms with E-state index >= 15 is 0 Å². The van der Waals surface area contributed by atoms with Crippen LogP contribution in [-0.4, -0.2) is 19.5 Å². The Labute approximate surface area is 134 Å². The number of fused-ring (bicyclic) bond motifs is 1. The summed E-state index contributed by atoms with van der Waals surface area (Å²) in [6, 6.07) is 11.9. The zero-order chi connectivity index (χ0) is 15.5. The molecule has 0 fully saturated rings. The van der Waals surface area contributed by atoms with E-state index in [-0.39, 0.29) is 0 Å². The first-order valence-corrected chi connectivity index (χ1v) is 7.63. The summed E-state index contributed by atoms with van der Waals surface area (Å²) in [5.74, 6) is 0.677. The molecule has 22 heavy (non-hydrogen) atoms. The lowest BCUT2D eigenvalue weighted by Gasteiger charge is -2.06. The Bertz CT molecular complexity index is 848. The summed E-state index contributed by atoms with van der Waals surface area (Å²) in [5, 5.41) is 9.84. The van der Waals surface area contributed by atoms with Gasteiger partial charge in [0.25, 0.3) is 0 Å². The molecule has 0 spiro atoms. The molecule has 5 nitrogen and oxygen atoms in total. The number of nitrogens with zero attached hydrogens (tertiary/aromatic N) is 5. The minimum Gasteiger partial charge on any atom is -0.272 e. The number of aromatic nitrogens is 4. The van der Waals surface area contributed by atoms with Crippen molar-refractivity contribution in [3.63, 3.8) is 0 Å². The van der Waals surface area contributed by atoms with E-state index in [4.69, 9.17) is 0 Å². The van der Waals surface area contributed by atoms with E-state index in [0.29, 0.717) is 27.8 Å². The summed E-state index contributed by atoms with van der Waals surface area (Å²) in [5.41, 5.74) is 2.35. The normalized spacial score (nSPS) is 10.8. The molecule has 0 unspecified atom stereocenters. The van der Waals surface area contributed by atoms with Crippen LogP contribution >= 0.6 is 12.6 Å². The van der Waals surface area contributed by atoms with E-state index < -0.39 is 0 Å². The predicted octanol–water partition coefficient (Wildman–Crippen LogP) is 3.32. The maximum atomic E-state index is 9.34. The highest BCUT2D eigenvalue weighted by atomic mass is 32.1. The Morgan fingerprint density at radius 1 is 1.18 bits per heavy atom. The number of rotatable bonds is 4. The van der Waals surface area contributed by atoms with E-state index in [1.54, 1.807) is 0 Å². The summed E-state index contributed by atoms with van der Waals surface area (Å²) >= 11 is 4.43. The lowest BCUT2D eigenvalue weighted by atomic mass is 10.2. The number of hydrogen-bond donors (Lipinski definition) is 1. The van der Waals surface area contributed by atoms with Gasteiger partial charge in [-0.2, -0.15) is 5.26 Å². The van der Waals surface area contributed by atoms with Crippen LogP contribution in [0, 0.1) is 11.3 Å². The zero-order valence-corrected chi connectivity index (χ0v) is 13.1. The average molecular weight is 309 g/mol. The number of unbranched alkanes of at least 4 members (excludes halogenated alkanes) is 1. The zero-order valence-electron chi connectivity index (χ0n) is 12.2. The molecular weight excluding hydrogens is 294 g/mol. The molecule has 0 aliphatic rings. The lowest BCUT2D eigenvalue weighted by molar-refractivity contribution is 0.752. The minimum absolute atomic E-state index is 0.307. The fourth-order valence-electron chi connectivity index (χ4n) is 2.33. The summed E-state index contributed by atoms with van der Waals surface area (Å²) in [6.07, 6.45) is 2.80. The standard InChI is InChI=1S/C16H15N5S/c1-2-3-9-13-18-12(10-17)14-15(19-13)21(16(22)20-14)11-7-5-4-6-8-11/h4-8H,2-3,9H2,1H3,(H,20,22). The van der Waals surface area contributed by atoms with Crippen molar-refractivity contribution in [1.82, 2.24) is 19.5 Å². The van der Waals surface area contributed by atoms with Gasteiger partial charge in [-0.05, 0) is 18.6 Å². The fourth-order valence-corrected chi connectivity index (χ4v) is 2.64. The second-order valence-electron chi connectivity index (χ2n) is 4.96. The monoisotopic (exact) mass is 309 g/mol. The van der Waals surface area contributed by atoms with Gasteiger partial charge in [0, 0.05) is 12.1 Å². The molecule has 0 amide bonds. The van der Waals surface area contributed by atoms with Crippen LogP contribution in [0.15, 0.2) is 35.5 Å². The van der Waals surface area contributed by atoms with Crippen molar-refractivity contribution in [2.75, 3.05) is 0 Å². The lowest BCUT2D eigenvalue weighted by Crippen LogP contribution is -2.02. The molecule has 3 rings (SSSR count). The van der Waals surface area contributed by atoms with Crippen molar-refractivity contribution in [1.29, 1.82) is 5.26 Å². The van der Waals surface area contributed by atoms with Crippen molar-refractivity contribution in [2.24, 2.45) is 0 Å². The SMILES string of the molecule is CCCCc1nc(C#N)c2nc(S)n(-c3ccccc3)c2n1. The van der Waals surface area contributed by atoms with Crippen molar-refractivity contribution in [3.05, 3.63) is 41.9 Å². The molecule has 2 aromatic heterocycles. The van der Waals surface area contributed by atoms with Crippen LogP contribution in [0.2, 0.25) is 0 Å². The van der Waals surface area contributed by atoms with Crippen LogP contribution in [0.5, 0.6) is 0 Å². The molecule has 110 valence electrons. The maximum absolute atomic E-state index is 9.34. The van der Waals surface area contributed by atoms with Crippen molar-refractivity contribution < 1.29 is 0 Å². The van der Waals surface area contributed by atoms with Crippen LogP contribution in [0.25, 0.3) is 16.9 Å². The van der Waals surface area contributed by atoms with Crippen LogP contribution in [-0.2, 0) is 6.42 Å². The second-order valence-corrected chi connectivity index (χ2v) is 5.36. The molecule has 0 saturated carbocycles. The predicted molar refractivity (Wildman–Crippen MR) is 87.2 cm³/mol. The van der Waals surface area contributed by atoms with Gasteiger partial charge < -0.3 is 0 Å². The molecule has 3 aromatic rings. The summed E-state index contributed by atoms with van der Waals surface area (Å²) in [4.78, 5) is 13.3. The Morgan fingerprint density at radius 2 is 1.95 bits per heavy atom. The van der Waals surface area contributed by atoms with Gasteiger partial charge in [0.05, 0.1) is 0 Å². The topological polar surface area (TPSA) is 67.4 Å². The molecule has 0 aliphatic heterocycles. The molecule has 0 N–H and O–H groups in total. The van der Waals surface area contributed by atoms with Gasteiger partial charge in [0.1, 0.15) is 17.4 Å². The van der Waals surface area contributed by atoms with E-state index in [9.17, 15) is 5.26 Å².